The van der Waals surface area contributed by atoms with Crippen molar-refractivity contribution in [3.05, 3.63) is 0 Å². The van der Waals surface area contributed by atoms with Gasteiger partial charge in [0, 0.05) is 0 Å². The molecule has 7 heteroatoms. The summed E-state index contributed by atoms with van der Waals surface area (Å²) in [5.41, 5.74) is 0. The number of carbonyl (C=O) groups excluding carboxylic acids is 2. The summed E-state index contributed by atoms with van der Waals surface area (Å²) in [7, 11) is 2.61. The number of hydrogen-bond acceptors (Lipinski definition) is 5. The lowest BCUT2D eigenvalue weighted by Gasteiger charge is -2.29. The molecule has 0 unspecified atom stereocenters. The molecular weight excluding hydrogens is 360 g/mol. The number of fused-ring (bicyclic) bond motifs is 2. The molecule has 0 aromatic heterocycles. The number of halogens is 2. The van der Waals surface area contributed by atoms with Gasteiger partial charge in [0.05, 0.1) is 47.9 Å². The lowest BCUT2D eigenvalue weighted by Crippen LogP contribution is -2.48. The van der Waals surface area contributed by atoms with Crippen LogP contribution in [0.2, 0.25) is 0 Å². The minimum atomic E-state index is -0.601. The first-order valence-corrected chi connectivity index (χ1v) is 6.95. The molecule has 0 aromatic carbocycles. The minimum absolute atomic E-state index is 0.0162. The third kappa shape index (κ3) is 1.92. The van der Waals surface area contributed by atoms with Crippen molar-refractivity contribution < 1.29 is 23.8 Å². The summed E-state index contributed by atoms with van der Waals surface area (Å²) >= 11 is 6.93. The highest BCUT2D eigenvalue weighted by atomic mass is 79.9. The normalized spacial score (nSPS) is 43.5. The molecule has 17 heavy (non-hydrogen) atoms. The van der Waals surface area contributed by atoms with Crippen LogP contribution in [0.25, 0.3) is 0 Å². The summed E-state index contributed by atoms with van der Waals surface area (Å²) < 4.78 is 15.1. The van der Waals surface area contributed by atoms with Crippen LogP contribution in [0.5, 0.6) is 0 Å². The van der Waals surface area contributed by atoms with Crippen LogP contribution in [-0.2, 0) is 23.8 Å². The predicted molar refractivity (Wildman–Crippen MR) is 65.1 cm³/mol. The van der Waals surface area contributed by atoms with Gasteiger partial charge in [0.2, 0.25) is 0 Å². The Morgan fingerprint density at radius 1 is 0.941 bits per heavy atom. The number of ether oxygens (including phenoxy) is 3. The van der Waals surface area contributed by atoms with Crippen LogP contribution in [0.1, 0.15) is 0 Å². The Bertz CT molecular complexity index is 316. The molecule has 2 heterocycles. The monoisotopic (exact) mass is 370 g/mol. The average Bonchev–Trinajstić information content (AvgIpc) is 2.85. The molecule has 0 aromatic rings. The second-order valence-electron chi connectivity index (χ2n) is 4.05. The summed E-state index contributed by atoms with van der Waals surface area (Å²) in [5, 5.41) is 0. The van der Waals surface area contributed by atoms with Gasteiger partial charge in [-0.2, -0.15) is 0 Å². The quantitative estimate of drug-likeness (QED) is 0.532. The van der Waals surface area contributed by atoms with Crippen LogP contribution in [0.15, 0.2) is 0 Å². The molecule has 2 aliphatic rings. The lowest BCUT2D eigenvalue weighted by atomic mass is 9.79. The summed E-state index contributed by atoms with van der Waals surface area (Å²) in [6, 6.07) is 0. The molecule has 96 valence electrons. The van der Waals surface area contributed by atoms with E-state index in [1.165, 1.54) is 14.2 Å². The fourth-order valence-electron chi connectivity index (χ4n) is 2.50. The van der Waals surface area contributed by atoms with E-state index in [9.17, 15) is 9.59 Å². The maximum Gasteiger partial charge on any atom is 0.312 e. The number of methoxy groups -OCH3 is 2. The topological polar surface area (TPSA) is 61.8 Å². The van der Waals surface area contributed by atoms with Gasteiger partial charge in [-0.1, -0.05) is 31.9 Å². The summed E-state index contributed by atoms with van der Waals surface area (Å²) in [6.07, 6.45) is -0.721. The van der Waals surface area contributed by atoms with Crippen molar-refractivity contribution >= 4 is 43.8 Å². The molecule has 0 radical (unpaired) electrons. The van der Waals surface area contributed by atoms with E-state index in [1.807, 2.05) is 0 Å². The minimum Gasteiger partial charge on any atom is -0.469 e. The molecule has 0 aliphatic carbocycles. The van der Waals surface area contributed by atoms with Gasteiger partial charge in [0.25, 0.3) is 0 Å². The van der Waals surface area contributed by atoms with Crippen LogP contribution >= 0.6 is 31.9 Å². The number of alkyl halides is 2. The van der Waals surface area contributed by atoms with E-state index in [2.05, 4.69) is 31.9 Å². The smallest absolute Gasteiger partial charge is 0.312 e. The Labute approximate surface area is 115 Å². The molecule has 0 amide bonds. The fourth-order valence-corrected chi connectivity index (χ4v) is 4.01. The summed E-state index contributed by atoms with van der Waals surface area (Å²) in [4.78, 5) is 23.4. The van der Waals surface area contributed by atoms with Crippen molar-refractivity contribution in [1.29, 1.82) is 0 Å². The van der Waals surface area contributed by atoms with Crippen molar-refractivity contribution in [2.75, 3.05) is 14.2 Å². The molecule has 2 bridgehead atoms. The highest BCUT2D eigenvalue weighted by Crippen LogP contribution is 2.50. The Morgan fingerprint density at radius 2 is 1.29 bits per heavy atom. The molecular formula is C10H12Br2O5. The zero-order valence-electron chi connectivity index (χ0n) is 9.26. The highest BCUT2D eigenvalue weighted by molar-refractivity contribution is 9.12. The largest absolute Gasteiger partial charge is 0.469 e. The van der Waals surface area contributed by atoms with Gasteiger partial charge in [-0.05, 0) is 0 Å². The van der Waals surface area contributed by atoms with Gasteiger partial charge in [-0.15, -0.1) is 0 Å². The van der Waals surface area contributed by atoms with Crippen LogP contribution in [0.4, 0.5) is 0 Å². The molecule has 2 saturated heterocycles. The van der Waals surface area contributed by atoms with E-state index in [1.54, 1.807) is 0 Å². The first-order chi connectivity index (χ1) is 8.02. The van der Waals surface area contributed by atoms with E-state index >= 15 is 0 Å². The number of hydrogen-bond donors (Lipinski definition) is 0. The Balaban J connectivity index is 2.29. The van der Waals surface area contributed by atoms with Gasteiger partial charge < -0.3 is 14.2 Å². The SMILES string of the molecule is COC(=O)[C@@H]1[C@H]2O[C@@H]([C@@H](Br)[C@H]2Br)[C@@H]1C(=O)OC. The van der Waals surface area contributed by atoms with E-state index in [0.717, 1.165) is 0 Å². The van der Waals surface area contributed by atoms with E-state index in [-0.39, 0.29) is 21.9 Å². The molecule has 0 saturated carbocycles. The number of carbonyl (C=O) groups is 2. The number of esters is 2. The summed E-state index contributed by atoms with van der Waals surface area (Å²) in [6.45, 7) is 0. The van der Waals surface area contributed by atoms with Crippen molar-refractivity contribution in [2.45, 2.75) is 21.9 Å². The van der Waals surface area contributed by atoms with Crippen molar-refractivity contribution in [1.82, 2.24) is 0 Å². The first kappa shape index (κ1) is 13.3. The predicted octanol–water partition coefficient (Wildman–Crippen LogP) is 0.873. The van der Waals surface area contributed by atoms with Crippen molar-refractivity contribution in [2.24, 2.45) is 11.8 Å². The van der Waals surface area contributed by atoms with Gasteiger partial charge >= 0.3 is 11.9 Å². The van der Waals surface area contributed by atoms with Crippen LogP contribution in [-0.4, -0.2) is 48.0 Å². The molecule has 6 atom stereocenters. The molecule has 2 fully saturated rings. The lowest BCUT2D eigenvalue weighted by molar-refractivity contribution is -0.157. The van der Waals surface area contributed by atoms with Gasteiger partial charge in [-0.3, -0.25) is 9.59 Å². The van der Waals surface area contributed by atoms with Gasteiger partial charge in [-0.25, -0.2) is 0 Å². The average molecular weight is 372 g/mol. The second kappa shape index (κ2) is 4.85. The fraction of sp³-hybridized carbons (Fsp3) is 0.800. The van der Waals surface area contributed by atoms with E-state index in [4.69, 9.17) is 14.2 Å². The molecule has 2 rings (SSSR count). The van der Waals surface area contributed by atoms with E-state index < -0.39 is 23.8 Å². The first-order valence-electron chi connectivity index (χ1n) is 5.12. The van der Waals surface area contributed by atoms with Gasteiger partial charge in [0.15, 0.2) is 0 Å². The zero-order valence-corrected chi connectivity index (χ0v) is 12.4. The number of rotatable bonds is 2. The highest BCUT2D eigenvalue weighted by Gasteiger charge is 2.63. The van der Waals surface area contributed by atoms with Crippen molar-refractivity contribution in [3.8, 4) is 0 Å². The third-order valence-electron chi connectivity index (χ3n) is 3.29. The van der Waals surface area contributed by atoms with Crippen LogP contribution in [0, 0.1) is 11.8 Å². The van der Waals surface area contributed by atoms with Crippen LogP contribution < -0.4 is 0 Å². The van der Waals surface area contributed by atoms with Crippen molar-refractivity contribution in [3.63, 3.8) is 0 Å². The third-order valence-corrected chi connectivity index (χ3v) is 6.18. The van der Waals surface area contributed by atoms with E-state index in [0.29, 0.717) is 0 Å². The Kier molecular flexibility index (Phi) is 3.80. The molecule has 5 nitrogen and oxygen atoms in total. The second-order valence-corrected chi connectivity index (χ2v) is 6.17. The molecule has 2 aliphatic heterocycles. The van der Waals surface area contributed by atoms with Gasteiger partial charge in [0.1, 0.15) is 0 Å². The van der Waals surface area contributed by atoms with Crippen LogP contribution in [0.3, 0.4) is 0 Å². The maximum atomic E-state index is 11.7. The Hall–Kier alpha value is -0.140. The zero-order chi connectivity index (χ0) is 12.7. The summed E-state index contributed by atoms with van der Waals surface area (Å²) in [5.74, 6) is -2.07. The maximum absolute atomic E-state index is 11.7. The Morgan fingerprint density at radius 3 is 1.59 bits per heavy atom. The molecule has 0 spiro atoms. The standard InChI is InChI=1S/C10H12Br2O5/c1-15-9(13)3-4(10(14)16-2)8-6(12)5(11)7(3)17-8/h3-8H,1-2H3/t3-,4+,5+,6-,7-,8-/m1/s1. The molecule has 0 N–H and O–H groups in total.